The van der Waals surface area contributed by atoms with Crippen molar-refractivity contribution in [3.63, 3.8) is 0 Å². The molecule has 0 aliphatic rings. The lowest BCUT2D eigenvalue weighted by Gasteiger charge is -2.10. The van der Waals surface area contributed by atoms with Crippen LogP contribution < -0.4 is 10.0 Å². The van der Waals surface area contributed by atoms with Gasteiger partial charge in [-0.15, -0.1) is 0 Å². The van der Waals surface area contributed by atoms with Crippen LogP contribution in [0.4, 0.5) is 5.69 Å². The number of halogens is 2. The molecule has 3 N–H and O–H groups in total. The van der Waals surface area contributed by atoms with Gasteiger partial charge in [-0.3, -0.25) is 9.82 Å². The first-order valence-corrected chi connectivity index (χ1v) is 7.82. The first-order valence-electron chi connectivity index (χ1n) is 5.59. The Bertz CT molecular complexity index is 715. The van der Waals surface area contributed by atoms with Crippen LogP contribution in [0.25, 0.3) is 0 Å². The van der Waals surface area contributed by atoms with Crippen LogP contribution in [0.5, 0.6) is 0 Å². The summed E-state index contributed by atoms with van der Waals surface area (Å²) in [5.74, 6) is 0. The van der Waals surface area contributed by atoms with Crippen LogP contribution in [0, 0.1) is 0 Å². The minimum absolute atomic E-state index is 0.0112. The van der Waals surface area contributed by atoms with Gasteiger partial charge in [0.1, 0.15) is 0 Å². The fraction of sp³-hybridized carbons (Fsp3) is 0.182. The van der Waals surface area contributed by atoms with Gasteiger partial charge in [-0.1, -0.05) is 23.2 Å². The molecule has 6 nitrogen and oxygen atoms in total. The molecule has 2 aromatic rings. The van der Waals surface area contributed by atoms with Crippen molar-refractivity contribution in [1.82, 2.24) is 15.5 Å². The fourth-order valence-electron chi connectivity index (χ4n) is 1.62. The second kappa shape index (κ2) is 6.01. The Morgan fingerprint density at radius 3 is 2.80 bits per heavy atom. The standard InChI is InChI=1S/C11H12Cl2N4O2S/c1-14-5-7-6-15-16-11(7)20(18,19)17-10-4-8(12)2-3-9(10)13/h2-4,6,14,17H,5H2,1H3,(H,15,16). The minimum Gasteiger partial charge on any atom is -0.316 e. The molecule has 0 radical (unpaired) electrons. The summed E-state index contributed by atoms with van der Waals surface area (Å²) in [6.45, 7) is 0.371. The van der Waals surface area contributed by atoms with Gasteiger partial charge in [0.25, 0.3) is 10.0 Å². The van der Waals surface area contributed by atoms with Crippen LogP contribution in [0.1, 0.15) is 5.56 Å². The van der Waals surface area contributed by atoms with Crippen LogP contribution >= 0.6 is 23.2 Å². The Morgan fingerprint density at radius 1 is 1.35 bits per heavy atom. The summed E-state index contributed by atoms with van der Waals surface area (Å²) in [7, 11) is -2.10. The summed E-state index contributed by atoms with van der Waals surface area (Å²) in [4.78, 5) is 0. The molecule has 0 aliphatic carbocycles. The van der Waals surface area contributed by atoms with E-state index in [2.05, 4.69) is 20.2 Å². The molecular weight excluding hydrogens is 323 g/mol. The van der Waals surface area contributed by atoms with Crippen LogP contribution in [0.15, 0.2) is 29.4 Å². The Balaban J connectivity index is 2.36. The summed E-state index contributed by atoms with van der Waals surface area (Å²) < 4.78 is 27.0. The molecule has 2 rings (SSSR count). The zero-order valence-electron chi connectivity index (χ0n) is 10.4. The highest BCUT2D eigenvalue weighted by Crippen LogP contribution is 2.27. The fourth-order valence-corrected chi connectivity index (χ4v) is 3.22. The first kappa shape index (κ1) is 15.1. The molecule has 108 valence electrons. The minimum atomic E-state index is -3.81. The topological polar surface area (TPSA) is 86.9 Å². The van der Waals surface area contributed by atoms with Crippen molar-refractivity contribution in [2.45, 2.75) is 11.6 Å². The van der Waals surface area contributed by atoms with Crippen molar-refractivity contribution in [2.24, 2.45) is 0 Å². The van der Waals surface area contributed by atoms with Crippen molar-refractivity contribution < 1.29 is 8.42 Å². The van der Waals surface area contributed by atoms with E-state index in [1.165, 1.54) is 18.3 Å². The Hall–Kier alpha value is -1.28. The summed E-state index contributed by atoms with van der Waals surface area (Å²) in [5.41, 5.74) is 0.738. The third-order valence-electron chi connectivity index (χ3n) is 2.49. The summed E-state index contributed by atoms with van der Waals surface area (Å²) in [6, 6.07) is 4.53. The number of nitrogens with zero attached hydrogens (tertiary/aromatic N) is 1. The van der Waals surface area contributed by atoms with E-state index in [1.807, 2.05) is 0 Å². The van der Waals surface area contributed by atoms with E-state index < -0.39 is 10.0 Å². The van der Waals surface area contributed by atoms with Gasteiger partial charge in [-0.05, 0) is 25.2 Å². The molecule has 0 saturated carbocycles. The molecule has 1 aromatic carbocycles. The van der Waals surface area contributed by atoms with Gasteiger partial charge >= 0.3 is 0 Å². The van der Waals surface area contributed by atoms with E-state index in [4.69, 9.17) is 23.2 Å². The molecular formula is C11H12Cl2N4O2S. The lowest BCUT2D eigenvalue weighted by molar-refractivity contribution is 0.595. The maximum Gasteiger partial charge on any atom is 0.279 e. The van der Waals surface area contributed by atoms with Gasteiger partial charge in [0.05, 0.1) is 16.9 Å². The summed E-state index contributed by atoms with van der Waals surface area (Å²) in [6.07, 6.45) is 1.45. The zero-order valence-corrected chi connectivity index (χ0v) is 12.8. The van der Waals surface area contributed by atoms with Gasteiger partial charge in [0, 0.05) is 17.1 Å². The highest BCUT2D eigenvalue weighted by atomic mass is 35.5. The molecule has 0 bridgehead atoms. The molecule has 0 fully saturated rings. The van der Waals surface area contributed by atoms with Crippen molar-refractivity contribution in [3.8, 4) is 0 Å². The second-order valence-electron chi connectivity index (χ2n) is 3.98. The van der Waals surface area contributed by atoms with Crippen molar-refractivity contribution in [2.75, 3.05) is 11.8 Å². The van der Waals surface area contributed by atoms with E-state index in [1.54, 1.807) is 13.1 Å². The van der Waals surface area contributed by atoms with Gasteiger partial charge in [0.2, 0.25) is 0 Å². The number of hydrogen-bond donors (Lipinski definition) is 3. The molecule has 1 heterocycles. The third kappa shape index (κ3) is 3.24. The second-order valence-corrected chi connectivity index (χ2v) is 6.45. The number of benzene rings is 1. The highest BCUT2D eigenvalue weighted by molar-refractivity contribution is 7.92. The molecule has 0 aliphatic heterocycles. The van der Waals surface area contributed by atoms with Crippen LogP contribution in [0.3, 0.4) is 0 Å². The van der Waals surface area contributed by atoms with E-state index in [-0.39, 0.29) is 15.7 Å². The van der Waals surface area contributed by atoms with Crippen LogP contribution in [-0.2, 0) is 16.6 Å². The maximum atomic E-state index is 12.3. The lowest BCUT2D eigenvalue weighted by Crippen LogP contribution is -2.17. The molecule has 0 unspecified atom stereocenters. The molecule has 1 aromatic heterocycles. The van der Waals surface area contributed by atoms with Crippen molar-refractivity contribution >= 4 is 38.9 Å². The number of hydrogen-bond acceptors (Lipinski definition) is 4. The van der Waals surface area contributed by atoms with E-state index in [9.17, 15) is 8.42 Å². The summed E-state index contributed by atoms with van der Waals surface area (Å²) in [5, 5.41) is 9.71. The number of aromatic nitrogens is 2. The molecule has 0 atom stereocenters. The normalized spacial score (nSPS) is 11.6. The van der Waals surface area contributed by atoms with Crippen molar-refractivity contribution in [1.29, 1.82) is 0 Å². The predicted molar refractivity (Wildman–Crippen MR) is 78.6 cm³/mol. The predicted octanol–water partition coefficient (Wildman–Crippen LogP) is 2.24. The van der Waals surface area contributed by atoms with E-state index in [0.29, 0.717) is 17.1 Å². The quantitative estimate of drug-likeness (QED) is 0.782. The SMILES string of the molecule is CNCc1cn[nH]c1S(=O)(=O)Nc1cc(Cl)ccc1Cl. The highest BCUT2D eigenvalue weighted by Gasteiger charge is 2.21. The van der Waals surface area contributed by atoms with Crippen molar-refractivity contribution in [3.05, 3.63) is 40.0 Å². The van der Waals surface area contributed by atoms with E-state index in [0.717, 1.165) is 0 Å². The van der Waals surface area contributed by atoms with Gasteiger partial charge < -0.3 is 5.32 Å². The van der Waals surface area contributed by atoms with Gasteiger partial charge in [-0.25, -0.2) is 0 Å². The number of nitrogens with one attached hydrogen (secondary N) is 3. The maximum absolute atomic E-state index is 12.3. The van der Waals surface area contributed by atoms with Crippen LogP contribution in [-0.4, -0.2) is 25.7 Å². The average molecular weight is 335 g/mol. The average Bonchev–Trinajstić information content (AvgIpc) is 2.83. The largest absolute Gasteiger partial charge is 0.316 e. The Morgan fingerprint density at radius 2 is 2.10 bits per heavy atom. The zero-order chi connectivity index (χ0) is 14.8. The molecule has 9 heteroatoms. The lowest BCUT2D eigenvalue weighted by atomic mass is 10.3. The molecule has 20 heavy (non-hydrogen) atoms. The molecule has 0 amide bonds. The van der Waals surface area contributed by atoms with Crippen LogP contribution in [0.2, 0.25) is 10.0 Å². The monoisotopic (exact) mass is 334 g/mol. The number of aromatic amines is 1. The number of sulfonamides is 1. The number of H-pyrrole nitrogens is 1. The van der Waals surface area contributed by atoms with Gasteiger partial charge in [0.15, 0.2) is 5.03 Å². The Labute approximate surface area is 126 Å². The molecule has 0 spiro atoms. The number of rotatable bonds is 5. The Kier molecular flexibility index (Phi) is 4.54. The third-order valence-corrected chi connectivity index (χ3v) is 4.43. The summed E-state index contributed by atoms with van der Waals surface area (Å²) >= 11 is 11.8. The number of anilines is 1. The van der Waals surface area contributed by atoms with Gasteiger partial charge in [-0.2, -0.15) is 13.5 Å². The van der Waals surface area contributed by atoms with E-state index >= 15 is 0 Å². The first-order chi connectivity index (χ1) is 9.44. The molecule has 0 saturated heterocycles. The smallest absolute Gasteiger partial charge is 0.279 e.